The Kier molecular flexibility index (Phi) is 6.12. The highest BCUT2D eigenvalue weighted by Gasteiger charge is 2.17. The number of benzene rings is 1. The summed E-state index contributed by atoms with van der Waals surface area (Å²) in [6.07, 6.45) is 0.904. The topological polar surface area (TPSA) is 18.5 Å². The van der Waals surface area contributed by atoms with Crippen molar-refractivity contribution in [3.8, 4) is 0 Å². The average molecular weight is 222 g/mol. The van der Waals surface area contributed by atoms with Gasteiger partial charge in [-0.2, -0.15) is 0 Å². The summed E-state index contributed by atoms with van der Waals surface area (Å²) in [5.41, 5.74) is 1.33. The van der Waals surface area contributed by atoms with E-state index in [1.54, 1.807) is 0 Å². The standard InChI is InChI=1S/C14H22O2/c1-4-15-14(16-5-2)12(3)11-13-9-7-6-8-10-13/h6-10,12,14H,4-5,11H2,1-3H3. The fraction of sp³-hybridized carbons (Fsp3) is 0.571. The van der Waals surface area contributed by atoms with Crippen LogP contribution >= 0.6 is 0 Å². The second-order valence-electron chi connectivity index (χ2n) is 3.95. The molecule has 0 N–H and O–H groups in total. The second kappa shape index (κ2) is 7.42. The molecule has 0 aromatic heterocycles. The highest BCUT2D eigenvalue weighted by atomic mass is 16.7. The molecule has 0 heterocycles. The van der Waals surface area contributed by atoms with Crippen LogP contribution in [0, 0.1) is 5.92 Å². The smallest absolute Gasteiger partial charge is 0.160 e. The van der Waals surface area contributed by atoms with Crippen LogP contribution in [-0.2, 0) is 15.9 Å². The summed E-state index contributed by atoms with van der Waals surface area (Å²) in [5, 5.41) is 0. The third-order valence-corrected chi connectivity index (χ3v) is 2.53. The fourth-order valence-electron chi connectivity index (χ4n) is 1.79. The lowest BCUT2D eigenvalue weighted by atomic mass is 10.0. The van der Waals surface area contributed by atoms with Crippen LogP contribution in [0.3, 0.4) is 0 Å². The van der Waals surface area contributed by atoms with Gasteiger partial charge in [-0.1, -0.05) is 37.3 Å². The lowest BCUT2D eigenvalue weighted by Crippen LogP contribution is -2.27. The molecule has 0 aliphatic carbocycles. The Morgan fingerprint density at radius 1 is 1.00 bits per heavy atom. The first kappa shape index (κ1) is 13.2. The summed E-state index contributed by atoms with van der Waals surface area (Å²) in [5.74, 6) is 0.377. The van der Waals surface area contributed by atoms with Gasteiger partial charge in [0.25, 0.3) is 0 Å². The first-order chi connectivity index (χ1) is 7.77. The zero-order valence-corrected chi connectivity index (χ0v) is 10.5. The number of hydrogen-bond donors (Lipinski definition) is 0. The zero-order chi connectivity index (χ0) is 11.8. The second-order valence-corrected chi connectivity index (χ2v) is 3.95. The van der Waals surface area contributed by atoms with Crippen molar-refractivity contribution in [3.05, 3.63) is 35.9 Å². The van der Waals surface area contributed by atoms with E-state index in [0.717, 1.165) is 6.42 Å². The van der Waals surface area contributed by atoms with Gasteiger partial charge in [0.15, 0.2) is 6.29 Å². The minimum absolute atomic E-state index is 0.0878. The van der Waals surface area contributed by atoms with Crippen molar-refractivity contribution in [2.75, 3.05) is 13.2 Å². The van der Waals surface area contributed by atoms with Gasteiger partial charge in [-0.05, 0) is 25.8 Å². The van der Waals surface area contributed by atoms with Crippen LogP contribution in [0.25, 0.3) is 0 Å². The van der Waals surface area contributed by atoms with Gasteiger partial charge in [-0.25, -0.2) is 0 Å². The molecule has 90 valence electrons. The molecule has 0 amide bonds. The predicted octanol–water partition coefficient (Wildman–Crippen LogP) is 3.26. The van der Waals surface area contributed by atoms with E-state index in [9.17, 15) is 0 Å². The van der Waals surface area contributed by atoms with Crippen LogP contribution in [0.4, 0.5) is 0 Å². The average Bonchev–Trinajstić information content (AvgIpc) is 2.30. The van der Waals surface area contributed by atoms with Crippen LogP contribution in [0.15, 0.2) is 30.3 Å². The molecule has 0 aliphatic heterocycles. The molecule has 0 saturated heterocycles. The monoisotopic (exact) mass is 222 g/mol. The van der Waals surface area contributed by atoms with Gasteiger partial charge in [0, 0.05) is 19.1 Å². The van der Waals surface area contributed by atoms with Gasteiger partial charge in [-0.3, -0.25) is 0 Å². The van der Waals surface area contributed by atoms with Crippen molar-refractivity contribution >= 4 is 0 Å². The van der Waals surface area contributed by atoms with Crippen molar-refractivity contribution in [3.63, 3.8) is 0 Å². The summed E-state index contributed by atoms with van der Waals surface area (Å²) < 4.78 is 11.2. The number of ether oxygens (including phenoxy) is 2. The first-order valence-electron chi connectivity index (χ1n) is 6.05. The van der Waals surface area contributed by atoms with Crippen LogP contribution in [0.2, 0.25) is 0 Å². The zero-order valence-electron chi connectivity index (χ0n) is 10.5. The minimum Gasteiger partial charge on any atom is -0.353 e. The van der Waals surface area contributed by atoms with E-state index in [1.165, 1.54) is 5.56 Å². The normalized spacial score (nSPS) is 13.0. The minimum atomic E-state index is -0.0878. The van der Waals surface area contributed by atoms with Crippen molar-refractivity contribution in [2.45, 2.75) is 33.5 Å². The molecule has 0 aliphatic rings. The van der Waals surface area contributed by atoms with Crippen molar-refractivity contribution in [1.82, 2.24) is 0 Å². The maximum Gasteiger partial charge on any atom is 0.160 e. The van der Waals surface area contributed by atoms with Gasteiger partial charge >= 0.3 is 0 Å². The highest BCUT2D eigenvalue weighted by Crippen LogP contribution is 2.15. The van der Waals surface area contributed by atoms with Crippen molar-refractivity contribution in [2.24, 2.45) is 5.92 Å². The highest BCUT2D eigenvalue weighted by molar-refractivity contribution is 5.15. The molecule has 2 heteroatoms. The van der Waals surface area contributed by atoms with Gasteiger partial charge in [-0.15, -0.1) is 0 Å². The third kappa shape index (κ3) is 4.33. The van der Waals surface area contributed by atoms with Crippen molar-refractivity contribution in [1.29, 1.82) is 0 Å². The molecule has 0 bridgehead atoms. The molecule has 1 atom stereocenters. The van der Waals surface area contributed by atoms with E-state index in [4.69, 9.17) is 9.47 Å². The molecule has 0 saturated carbocycles. The predicted molar refractivity (Wildman–Crippen MR) is 66.4 cm³/mol. The molecule has 1 unspecified atom stereocenters. The molecule has 0 radical (unpaired) electrons. The molecular weight excluding hydrogens is 200 g/mol. The maximum atomic E-state index is 5.59. The Hall–Kier alpha value is -0.860. The molecule has 1 rings (SSSR count). The van der Waals surface area contributed by atoms with Gasteiger partial charge in [0.2, 0.25) is 0 Å². The van der Waals surface area contributed by atoms with E-state index in [1.807, 2.05) is 19.9 Å². The molecule has 1 aromatic carbocycles. The number of rotatable bonds is 7. The van der Waals surface area contributed by atoms with E-state index in [0.29, 0.717) is 19.1 Å². The molecule has 1 aromatic rings. The Bertz CT molecular complexity index is 265. The molecule has 0 fully saturated rings. The SMILES string of the molecule is CCOC(OCC)C(C)Cc1ccccc1. The Labute approximate surface area is 98.6 Å². The van der Waals surface area contributed by atoms with E-state index >= 15 is 0 Å². The lowest BCUT2D eigenvalue weighted by Gasteiger charge is -2.23. The Morgan fingerprint density at radius 2 is 1.56 bits per heavy atom. The first-order valence-corrected chi connectivity index (χ1v) is 6.05. The van der Waals surface area contributed by atoms with Gasteiger partial charge < -0.3 is 9.47 Å². The summed E-state index contributed by atoms with van der Waals surface area (Å²) in [6.45, 7) is 7.57. The Balaban J connectivity index is 2.51. The summed E-state index contributed by atoms with van der Waals surface area (Å²) in [4.78, 5) is 0. The van der Waals surface area contributed by atoms with E-state index < -0.39 is 0 Å². The molecule has 16 heavy (non-hydrogen) atoms. The fourth-order valence-corrected chi connectivity index (χ4v) is 1.79. The van der Waals surface area contributed by atoms with Crippen LogP contribution in [0.1, 0.15) is 26.3 Å². The number of hydrogen-bond acceptors (Lipinski definition) is 2. The van der Waals surface area contributed by atoms with Crippen LogP contribution in [0.5, 0.6) is 0 Å². The quantitative estimate of drug-likeness (QED) is 0.659. The third-order valence-electron chi connectivity index (χ3n) is 2.53. The van der Waals surface area contributed by atoms with Crippen molar-refractivity contribution < 1.29 is 9.47 Å². The van der Waals surface area contributed by atoms with E-state index in [2.05, 4.69) is 31.2 Å². The maximum absolute atomic E-state index is 5.59. The lowest BCUT2D eigenvalue weighted by molar-refractivity contribution is -0.163. The van der Waals surface area contributed by atoms with Crippen LogP contribution < -0.4 is 0 Å². The largest absolute Gasteiger partial charge is 0.353 e. The van der Waals surface area contributed by atoms with Gasteiger partial charge in [0.1, 0.15) is 0 Å². The Morgan fingerprint density at radius 3 is 2.06 bits per heavy atom. The summed E-state index contributed by atoms with van der Waals surface area (Å²) in [7, 11) is 0. The van der Waals surface area contributed by atoms with Crippen LogP contribution in [-0.4, -0.2) is 19.5 Å². The van der Waals surface area contributed by atoms with Gasteiger partial charge in [0.05, 0.1) is 0 Å². The summed E-state index contributed by atoms with van der Waals surface area (Å²) >= 11 is 0. The van der Waals surface area contributed by atoms with E-state index in [-0.39, 0.29) is 6.29 Å². The molecular formula is C14H22O2. The summed E-state index contributed by atoms with van der Waals surface area (Å²) in [6, 6.07) is 10.5. The molecule has 0 spiro atoms. The molecule has 2 nitrogen and oxygen atoms in total.